The van der Waals surface area contributed by atoms with Crippen molar-refractivity contribution in [2.24, 2.45) is 0 Å². The fraction of sp³-hybridized carbons (Fsp3) is 1.00. The van der Waals surface area contributed by atoms with Gasteiger partial charge in [0.1, 0.15) is 0 Å². The minimum Gasteiger partial charge on any atom is -0.415 e. The Morgan fingerprint density at radius 2 is 2.17 bits per heavy atom. The quantitative estimate of drug-likeness (QED) is 0.625. The summed E-state index contributed by atoms with van der Waals surface area (Å²) in [4.78, 5) is 2.57. The summed E-state index contributed by atoms with van der Waals surface area (Å²) < 4.78 is 5.77. The standard InChI is InChI=1S/C9H21NOSi/c1-4-5-6-10-7-8-11-12(2,3)9-10/h4-9H2,1-3H3. The molecule has 0 amide bonds. The topological polar surface area (TPSA) is 12.5 Å². The number of hydrogen-bond donors (Lipinski definition) is 0. The van der Waals surface area contributed by atoms with Gasteiger partial charge in [-0.1, -0.05) is 13.3 Å². The van der Waals surface area contributed by atoms with Crippen LogP contribution in [-0.4, -0.2) is 39.1 Å². The maximum atomic E-state index is 5.77. The highest BCUT2D eigenvalue weighted by Gasteiger charge is 2.29. The van der Waals surface area contributed by atoms with E-state index in [0.717, 1.165) is 13.2 Å². The summed E-state index contributed by atoms with van der Waals surface area (Å²) in [6.45, 7) is 10.3. The highest BCUT2D eigenvalue weighted by Crippen LogP contribution is 2.12. The summed E-state index contributed by atoms with van der Waals surface area (Å²) >= 11 is 0. The zero-order valence-electron chi connectivity index (χ0n) is 8.60. The maximum absolute atomic E-state index is 5.77. The van der Waals surface area contributed by atoms with Gasteiger partial charge in [0.25, 0.3) is 0 Å². The molecule has 0 aliphatic carbocycles. The van der Waals surface area contributed by atoms with Gasteiger partial charge >= 0.3 is 0 Å². The molecule has 0 bridgehead atoms. The number of nitrogens with zero attached hydrogens (tertiary/aromatic N) is 1. The fourth-order valence-corrected chi connectivity index (χ4v) is 3.82. The van der Waals surface area contributed by atoms with Gasteiger partial charge in [-0.3, -0.25) is 0 Å². The second-order valence-corrected chi connectivity index (χ2v) is 8.36. The molecule has 0 aromatic rings. The molecule has 0 radical (unpaired) electrons. The van der Waals surface area contributed by atoms with Gasteiger partial charge in [-0.2, -0.15) is 0 Å². The molecule has 2 nitrogen and oxygen atoms in total. The van der Waals surface area contributed by atoms with Crippen molar-refractivity contribution in [3.63, 3.8) is 0 Å². The molecule has 0 unspecified atom stereocenters. The lowest BCUT2D eigenvalue weighted by atomic mass is 10.3. The molecular formula is C9H21NOSi. The molecule has 72 valence electrons. The van der Waals surface area contributed by atoms with Crippen LogP contribution in [0, 0.1) is 0 Å². The first-order valence-corrected chi connectivity index (χ1v) is 8.12. The van der Waals surface area contributed by atoms with Crippen LogP contribution < -0.4 is 0 Å². The second-order valence-electron chi connectivity index (χ2n) is 4.24. The minimum atomic E-state index is -1.28. The number of unbranched alkanes of at least 4 members (excludes halogenated alkanes) is 1. The van der Waals surface area contributed by atoms with Crippen LogP contribution in [0.1, 0.15) is 19.8 Å². The Bertz CT molecular complexity index is 138. The third-order valence-corrected chi connectivity index (χ3v) is 4.53. The molecule has 3 heteroatoms. The molecule has 0 N–H and O–H groups in total. The van der Waals surface area contributed by atoms with Crippen molar-refractivity contribution in [3.05, 3.63) is 0 Å². The van der Waals surface area contributed by atoms with Crippen LogP contribution in [0.5, 0.6) is 0 Å². The molecule has 0 aromatic heterocycles. The van der Waals surface area contributed by atoms with Gasteiger partial charge < -0.3 is 9.33 Å². The molecule has 0 spiro atoms. The lowest BCUT2D eigenvalue weighted by molar-refractivity contribution is 0.171. The van der Waals surface area contributed by atoms with Gasteiger partial charge in [0.05, 0.1) is 0 Å². The zero-order chi connectivity index (χ0) is 9.03. The molecule has 1 rings (SSSR count). The van der Waals surface area contributed by atoms with Gasteiger partial charge in [0.15, 0.2) is 8.32 Å². The first kappa shape index (κ1) is 10.2. The minimum absolute atomic E-state index is 0.961. The van der Waals surface area contributed by atoms with Crippen molar-refractivity contribution in [2.75, 3.05) is 25.9 Å². The molecule has 1 aliphatic rings. The molecule has 1 saturated heterocycles. The van der Waals surface area contributed by atoms with E-state index in [4.69, 9.17) is 4.43 Å². The van der Waals surface area contributed by atoms with Crippen molar-refractivity contribution in [2.45, 2.75) is 32.9 Å². The Morgan fingerprint density at radius 3 is 2.75 bits per heavy atom. The molecule has 1 aliphatic heterocycles. The smallest absolute Gasteiger partial charge is 0.200 e. The first-order valence-electron chi connectivity index (χ1n) is 5.00. The van der Waals surface area contributed by atoms with Gasteiger partial charge in [-0.05, 0) is 26.1 Å². The summed E-state index contributed by atoms with van der Waals surface area (Å²) in [5.74, 6) is 0. The molecule has 0 saturated carbocycles. The van der Waals surface area contributed by atoms with E-state index in [0.29, 0.717) is 0 Å². The third-order valence-electron chi connectivity index (χ3n) is 2.33. The SMILES string of the molecule is CCCCN1CCO[Si](C)(C)C1. The van der Waals surface area contributed by atoms with Crippen molar-refractivity contribution < 1.29 is 4.43 Å². The Kier molecular flexibility index (Phi) is 3.74. The summed E-state index contributed by atoms with van der Waals surface area (Å²) in [7, 11) is -1.28. The molecule has 0 atom stereocenters. The average Bonchev–Trinajstić information content (AvgIpc) is 1.99. The van der Waals surface area contributed by atoms with Gasteiger partial charge in [0.2, 0.25) is 0 Å². The lowest BCUT2D eigenvalue weighted by Crippen LogP contribution is -2.52. The molecule has 1 heterocycles. The summed E-state index contributed by atoms with van der Waals surface area (Å²) in [5, 5.41) is 0. The van der Waals surface area contributed by atoms with Gasteiger partial charge in [-0.15, -0.1) is 0 Å². The van der Waals surface area contributed by atoms with Crippen molar-refractivity contribution in [1.29, 1.82) is 0 Å². The largest absolute Gasteiger partial charge is 0.415 e. The van der Waals surface area contributed by atoms with Crippen LogP contribution in [0.2, 0.25) is 13.1 Å². The zero-order valence-corrected chi connectivity index (χ0v) is 9.60. The van der Waals surface area contributed by atoms with Crippen LogP contribution in [0.25, 0.3) is 0 Å². The third kappa shape index (κ3) is 3.25. The van der Waals surface area contributed by atoms with E-state index in [1.807, 2.05) is 0 Å². The van der Waals surface area contributed by atoms with Crippen LogP contribution in [0.3, 0.4) is 0 Å². The molecule has 1 fully saturated rings. The number of hydrogen-bond acceptors (Lipinski definition) is 2. The van der Waals surface area contributed by atoms with Gasteiger partial charge in [-0.25, -0.2) is 0 Å². The van der Waals surface area contributed by atoms with Crippen LogP contribution in [0.15, 0.2) is 0 Å². The second kappa shape index (κ2) is 4.39. The van der Waals surface area contributed by atoms with Crippen molar-refractivity contribution >= 4 is 8.32 Å². The highest BCUT2D eigenvalue weighted by molar-refractivity contribution is 6.71. The number of rotatable bonds is 3. The van der Waals surface area contributed by atoms with E-state index < -0.39 is 8.32 Å². The maximum Gasteiger partial charge on any atom is 0.200 e. The Hall–Kier alpha value is 0.137. The Labute approximate surface area is 77.0 Å². The van der Waals surface area contributed by atoms with E-state index in [1.165, 1.54) is 25.6 Å². The average molecular weight is 187 g/mol. The Balaban J connectivity index is 2.26. The van der Waals surface area contributed by atoms with Crippen molar-refractivity contribution in [1.82, 2.24) is 4.90 Å². The lowest BCUT2D eigenvalue weighted by Gasteiger charge is -2.36. The van der Waals surface area contributed by atoms with Crippen LogP contribution >= 0.6 is 0 Å². The van der Waals surface area contributed by atoms with Crippen LogP contribution in [0.4, 0.5) is 0 Å². The van der Waals surface area contributed by atoms with E-state index in [-0.39, 0.29) is 0 Å². The summed E-state index contributed by atoms with van der Waals surface area (Å²) in [6.07, 6.45) is 3.87. The highest BCUT2D eigenvalue weighted by atomic mass is 28.4. The van der Waals surface area contributed by atoms with Crippen LogP contribution in [-0.2, 0) is 4.43 Å². The fourth-order valence-electron chi connectivity index (χ4n) is 1.69. The van der Waals surface area contributed by atoms with E-state index in [2.05, 4.69) is 24.9 Å². The van der Waals surface area contributed by atoms with E-state index in [1.54, 1.807) is 0 Å². The monoisotopic (exact) mass is 187 g/mol. The summed E-state index contributed by atoms with van der Waals surface area (Å²) in [5.41, 5.74) is 0. The summed E-state index contributed by atoms with van der Waals surface area (Å²) in [6, 6.07) is 0. The predicted molar refractivity (Wildman–Crippen MR) is 54.8 cm³/mol. The molecule has 12 heavy (non-hydrogen) atoms. The Morgan fingerprint density at radius 1 is 1.42 bits per heavy atom. The first-order chi connectivity index (χ1) is 5.64. The predicted octanol–water partition coefficient (Wildman–Crippen LogP) is 1.86. The molecular weight excluding hydrogens is 166 g/mol. The van der Waals surface area contributed by atoms with Gasteiger partial charge in [0, 0.05) is 19.3 Å². The van der Waals surface area contributed by atoms with E-state index >= 15 is 0 Å². The normalized spacial score (nSPS) is 24.2. The molecule has 0 aromatic carbocycles. The van der Waals surface area contributed by atoms with E-state index in [9.17, 15) is 0 Å². The van der Waals surface area contributed by atoms with Crippen molar-refractivity contribution in [3.8, 4) is 0 Å².